The maximum Gasteiger partial charge on any atom is 0.154 e. The standard InChI is InChI=1S/C16H23NO3S/c18-16-12-21(19,20)11-15(16)17-8-6-14(7-9-17)10-13-4-2-1-3-5-13/h1-5,14-16,18H,6-12H2/t15-,16+/m0/s1. The fraction of sp³-hybridized carbons (Fsp3) is 0.625. The Morgan fingerprint density at radius 1 is 1.10 bits per heavy atom. The Bertz CT molecular complexity index is 564. The van der Waals surface area contributed by atoms with Crippen molar-refractivity contribution in [3.8, 4) is 0 Å². The van der Waals surface area contributed by atoms with Gasteiger partial charge < -0.3 is 5.11 Å². The van der Waals surface area contributed by atoms with Gasteiger partial charge in [0.05, 0.1) is 23.7 Å². The third kappa shape index (κ3) is 3.65. The van der Waals surface area contributed by atoms with Crippen LogP contribution in [-0.2, 0) is 16.3 Å². The van der Waals surface area contributed by atoms with E-state index in [1.807, 2.05) is 6.07 Å². The predicted molar refractivity (Wildman–Crippen MR) is 82.9 cm³/mol. The molecule has 3 rings (SSSR count). The Balaban J connectivity index is 1.54. The van der Waals surface area contributed by atoms with Gasteiger partial charge >= 0.3 is 0 Å². The van der Waals surface area contributed by atoms with Crippen molar-refractivity contribution in [3.63, 3.8) is 0 Å². The molecule has 0 unspecified atom stereocenters. The summed E-state index contributed by atoms with van der Waals surface area (Å²) in [6, 6.07) is 10.3. The number of benzene rings is 1. The Hall–Kier alpha value is -0.910. The largest absolute Gasteiger partial charge is 0.390 e. The zero-order valence-electron chi connectivity index (χ0n) is 12.2. The molecule has 0 bridgehead atoms. The third-order valence-electron chi connectivity index (χ3n) is 4.78. The fourth-order valence-corrected chi connectivity index (χ4v) is 5.43. The van der Waals surface area contributed by atoms with Gasteiger partial charge in [-0.05, 0) is 43.8 Å². The van der Waals surface area contributed by atoms with Gasteiger partial charge in [-0.2, -0.15) is 0 Å². The van der Waals surface area contributed by atoms with Crippen LogP contribution < -0.4 is 0 Å². The summed E-state index contributed by atoms with van der Waals surface area (Å²) in [5.74, 6) is 0.720. The number of likely N-dealkylation sites (tertiary alicyclic amines) is 1. The van der Waals surface area contributed by atoms with Crippen molar-refractivity contribution in [2.45, 2.75) is 31.4 Å². The first-order valence-electron chi connectivity index (χ1n) is 7.70. The lowest BCUT2D eigenvalue weighted by molar-refractivity contribution is 0.0587. The number of hydrogen-bond acceptors (Lipinski definition) is 4. The van der Waals surface area contributed by atoms with Crippen molar-refractivity contribution in [2.24, 2.45) is 5.92 Å². The molecule has 4 nitrogen and oxygen atoms in total. The summed E-state index contributed by atoms with van der Waals surface area (Å²) in [7, 11) is -3.05. The highest BCUT2D eigenvalue weighted by Gasteiger charge is 2.40. The van der Waals surface area contributed by atoms with Gasteiger partial charge in [-0.25, -0.2) is 8.42 Å². The maximum atomic E-state index is 11.6. The number of hydrogen-bond donors (Lipinski definition) is 1. The van der Waals surface area contributed by atoms with Crippen LogP contribution in [-0.4, -0.2) is 55.2 Å². The molecule has 0 spiro atoms. The molecule has 1 aromatic rings. The second kappa shape index (κ2) is 6.07. The van der Waals surface area contributed by atoms with Gasteiger partial charge in [0.2, 0.25) is 0 Å². The van der Waals surface area contributed by atoms with Crippen LogP contribution in [0.4, 0.5) is 0 Å². The van der Waals surface area contributed by atoms with E-state index in [0.717, 1.165) is 32.4 Å². The van der Waals surface area contributed by atoms with Gasteiger partial charge in [-0.1, -0.05) is 30.3 Å². The predicted octanol–water partition coefficient (Wildman–Crippen LogP) is 1.10. The van der Waals surface area contributed by atoms with Gasteiger partial charge in [0.1, 0.15) is 0 Å². The average Bonchev–Trinajstić information content (AvgIpc) is 2.74. The van der Waals surface area contributed by atoms with E-state index in [-0.39, 0.29) is 17.5 Å². The molecular weight excluding hydrogens is 286 g/mol. The van der Waals surface area contributed by atoms with Crippen LogP contribution in [0.25, 0.3) is 0 Å². The number of aliphatic hydroxyl groups excluding tert-OH is 1. The van der Waals surface area contributed by atoms with E-state index >= 15 is 0 Å². The summed E-state index contributed by atoms with van der Waals surface area (Å²) in [4.78, 5) is 2.18. The summed E-state index contributed by atoms with van der Waals surface area (Å²) in [6.07, 6.45) is 2.55. The van der Waals surface area contributed by atoms with Crippen LogP contribution in [0.1, 0.15) is 18.4 Å². The summed E-state index contributed by atoms with van der Waals surface area (Å²) in [5.41, 5.74) is 1.37. The molecule has 0 saturated carbocycles. The lowest BCUT2D eigenvalue weighted by Crippen LogP contribution is -2.47. The van der Waals surface area contributed by atoms with Gasteiger partial charge in [0.15, 0.2) is 9.84 Å². The van der Waals surface area contributed by atoms with Crippen molar-refractivity contribution in [1.29, 1.82) is 0 Å². The monoisotopic (exact) mass is 309 g/mol. The Kier molecular flexibility index (Phi) is 4.33. The Morgan fingerprint density at radius 3 is 2.33 bits per heavy atom. The molecule has 2 aliphatic rings. The molecule has 1 N–H and O–H groups in total. The molecule has 0 amide bonds. The summed E-state index contributed by atoms with van der Waals surface area (Å²) < 4.78 is 23.2. The van der Waals surface area contributed by atoms with Crippen molar-refractivity contribution in [2.75, 3.05) is 24.6 Å². The molecule has 0 aliphatic carbocycles. The third-order valence-corrected chi connectivity index (χ3v) is 6.48. The highest BCUT2D eigenvalue weighted by molar-refractivity contribution is 7.91. The summed E-state index contributed by atoms with van der Waals surface area (Å²) in [5, 5.41) is 9.96. The molecule has 1 aromatic carbocycles. The molecule has 2 atom stereocenters. The summed E-state index contributed by atoms with van der Waals surface area (Å²) in [6.45, 7) is 1.80. The first-order valence-corrected chi connectivity index (χ1v) is 9.52. The SMILES string of the molecule is O=S1(=O)C[C@@H](O)[C@@H](N2CCC(Cc3ccccc3)CC2)C1. The smallest absolute Gasteiger partial charge is 0.154 e. The molecule has 2 aliphatic heterocycles. The molecule has 21 heavy (non-hydrogen) atoms. The normalized spacial score (nSPS) is 30.5. The minimum Gasteiger partial charge on any atom is -0.390 e. The van der Waals surface area contributed by atoms with Gasteiger partial charge in [0, 0.05) is 0 Å². The first-order chi connectivity index (χ1) is 10.0. The van der Waals surface area contributed by atoms with Crippen LogP contribution in [0.5, 0.6) is 0 Å². The average molecular weight is 309 g/mol. The number of aliphatic hydroxyl groups is 1. The van der Waals surface area contributed by atoms with Gasteiger partial charge in [-0.3, -0.25) is 4.90 Å². The Morgan fingerprint density at radius 2 is 1.76 bits per heavy atom. The lowest BCUT2D eigenvalue weighted by atomic mass is 9.89. The second-order valence-electron chi connectivity index (χ2n) is 6.38. The first kappa shape index (κ1) is 15.0. The van der Waals surface area contributed by atoms with Crippen molar-refractivity contribution in [3.05, 3.63) is 35.9 Å². The topological polar surface area (TPSA) is 57.6 Å². The number of piperidine rings is 1. The molecule has 116 valence electrons. The molecule has 2 fully saturated rings. The lowest BCUT2D eigenvalue weighted by Gasteiger charge is -2.36. The van der Waals surface area contributed by atoms with Gasteiger partial charge in [-0.15, -0.1) is 0 Å². The number of nitrogens with zero attached hydrogens (tertiary/aromatic N) is 1. The fourth-order valence-electron chi connectivity index (χ4n) is 3.60. The molecule has 2 saturated heterocycles. The molecule has 2 heterocycles. The van der Waals surface area contributed by atoms with Crippen LogP contribution in [0, 0.1) is 5.92 Å². The minimum absolute atomic E-state index is 0.0678. The zero-order valence-corrected chi connectivity index (χ0v) is 13.0. The van der Waals surface area contributed by atoms with E-state index in [0.29, 0.717) is 5.92 Å². The van der Waals surface area contributed by atoms with E-state index in [1.165, 1.54) is 5.56 Å². The van der Waals surface area contributed by atoms with E-state index < -0.39 is 15.9 Å². The van der Waals surface area contributed by atoms with Crippen LogP contribution >= 0.6 is 0 Å². The Labute approximate surface area is 126 Å². The number of sulfone groups is 1. The van der Waals surface area contributed by atoms with Crippen LogP contribution in [0.2, 0.25) is 0 Å². The molecule has 5 heteroatoms. The highest BCUT2D eigenvalue weighted by atomic mass is 32.2. The molecular formula is C16H23NO3S. The highest BCUT2D eigenvalue weighted by Crippen LogP contribution is 2.26. The molecule has 0 aromatic heterocycles. The quantitative estimate of drug-likeness (QED) is 0.908. The van der Waals surface area contributed by atoms with E-state index in [9.17, 15) is 13.5 Å². The van der Waals surface area contributed by atoms with Crippen molar-refractivity contribution >= 4 is 9.84 Å². The van der Waals surface area contributed by atoms with Crippen LogP contribution in [0.15, 0.2) is 30.3 Å². The van der Waals surface area contributed by atoms with Crippen molar-refractivity contribution in [1.82, 2.24) is 4.90 Å². The second-order valence-corrected chi connectivity index (χ2v) is 8.53. The van der Waals surface area contributed by atoms with Crippen molar-refractivity contribution < 1.29 is 13.5 Å². The summed E-state index contributed by atoms with van der Waals surface area (Å²) >= 11 is 0. The maximum absolute atomic E-state index is 11.6. The van der Waals surface area contributed by atoms with Gasteiger partial charge in [0.25, 0.3) is 0 Å². The van der Waals surface area contributed by atoms with E-state index in [4.69, 9.17) is 0 Å². The zero-order chi connectivity index (χ0) is 14.9. The van der Waals surface area contributed by atoms with Crippen LogP contribution in [0.3, 0.4) is 0 Å². The number of rotatable bonds is 3. The van der Waals surface area contributed by atoms with E-state index in [1.54, 1.807) is 0 Å². The molecule has 0 radical (unpaired) electrons. The van der Waals surface area contributed by atoms with E-state index in [2.05, 4.69) is 29.2 Å². The minimum atomic E-state index is -3.05.